The van der Waals surface area contributed by atoms with Crippen LogP contribution in [0.1, 0.15) is 26.3 Å². The van der Waals surface area contributed by atoms with E-state index < -0.39 is 0 Å². The fourth-order valence-electron chi connectivity index (χ4n) is 1.15. The van der Waals surface area contributed by atoms with Gasteiger partial charge in [0.05, 0.1) is 0 Å². The molecule has 4 heteroatoms. The normalized spacial score (nSPS) is 13.9. The van der Waals surface area contributed by atoms with E-state index in [-0.39, 0.29) is 22.4 Å². The third-order valence-corrected chi connectivity index (χ3v) is 2.74. The molecule has 1 aromatic heterocycles. The van der Waals surface area contributed by atoms with E-state index in [0.717, 1.165) is 5.56 Å². The van der Waals surface area contributed by atoms with Crippen molar-refractivity contribution in [2.75, 3.05) is 0 Å². The minimum atomic E-state index is 0.00951. The van der Waals surface area contributed by atoms with Gasteiger partial charge in [0.25, 0.3) is 0 Å². The summed E-state index contributed by atoms with van der Waals surface area (Å²) in [5.74, 6) is 0.00951. The van der Waals surface area contributed by atoms with Crippen LogP contribution in [-0.2, 0) is 6.42 Å². The summed E-state index contributed by atoms with van der Waals surface area (Å²) in [7, 11) is 0. The van der Waals surface area contributed by atoms with Crippen molar-refractivity contribution in [3.05, 3.63) is 23.0 Å². The van der Waals surface area contributed by atoms with E-state index in [0.29, 0.717) is 6.42 Å². The van der Waals surface area contributed by atoms with Crippen LogP contribution in [0.5, 0.6) is 5.75 Å². The van der Waals surface area contributed by atoms with Crippen LogP contribution in [-0.4, -0.2) is 16.1 Å². The molecule has 0 fully saturated rings. The Bertz CT molecular complexity index is 347. The third kappa shape index (κ3) is 3.36. The average Bonchev–Trinajstić information content (AvgIpc) is 2.10. The van der Waals surface area contributed by atoms with Gasteiger partial charge in [-0.25, -0.2) is 4.98 Å². The number of rotatable bonds is 2. The molecule has 0 saturated heterocycles. The van der Waals surface area contributed by atoms with E-state index >= 15 is 0 Å². The van der Waals surface area contributed by atoms with E-state index in [4.69, 9.17) is 17.3 Å². The summed E-state index contributed by atoms with van der Waals surface area (Å²) in [6.45, 7) is 6.25. The summed E-state index contributed by atoms with van der Waals surface area (Å²) in [5, 5.41) is 9.51. The van der Waals surface area contributed by atoms with Gasteiger partial charge in [0.15, 0.2) is 10.9 Å². The lowest BCUT2D eigenvalue weighted by Gasteiger charge is -2.26. The lowest BCUT2D eigenvalue weighted by atomic mass is 9.84. The Morgan fingerprint density at radius 2 is 2.13 bits per heavy atom. The van der Waals surface area contributed by atoms with Gasteiger partial charge in [-0.05, 0) is 23.5 Å². The lowest BCUT2D eigenvalue weighted by Crippen LogP contribution is -2.36. The molecule has 0 aromatic carbocycles. The topological polar surface area (TPSA) is 59.1 Å². The Morgan fingerprint density at radius 3 is 2.60 bits per heavy atom. The first kappa shape index (κ1) is 12.3. The molecule has 1 atom stereocenters. The molecular formula is C11H17ClN2O. The third-order valence-electron chi connectivity index (χ3n) is 2.45. The number of hydrogen-bond acceptors (Lipinski definition) is 3. The first-order valence-electron chi connectivity index (χ1n) is 4.89. The number of aromatic hydroxyl groups is 1. The smallest absolute Gasteiger partial charge is 0.170 e. The molecule has 3 nitrogen and oxygen atoms in total. The van der Waals surface area contributed by atoms with Crippen LogP contribution in [0.3, 0.4) is 0 Å². The lowest BCUT2D eigenvalue weighted by molar-refractivity contribution is 0.318. The molecule has 0 radical (unpaired) electrons. The van der Waals surface area contributed by atoms with Crippen molar-refractivity contribution >= 4 is 11.6 Å². The van der Waals surface area contributed by atoms with Crippen molar-refractivity contribution in [1.29, 1.82) is 0 Å². The molecule has 3 N–H and O–H groups in total. The van der Waals surface area contributed by atoms with E-state index in [1.807, 2.05) is 0 Å². The number of hydrogen-bond donors (Lipinski definition) is 2. The number of halogens is 1. The highest BCUT2D eigenvalue weighted by atomic mass is 35.5. The zero-order valence-corrected chi connectivity index (χ0v) is 10.0. The molecular weight excluding hydrogens is 212 g/mol. The van der Waals surface area contributed by atoms with E-state index in [2.05, 4.69) is 25.8 Å². The van der Waals surface area contributed by atoms with Gasteiger partial charge < -0.3 is 10.8 Å². The predicted molar refractivity (Wildman–Crippen MR) is 62.0 cm³/mol. The molecule has 0 aliphatic rings. The van der Waals surface area contributed by atoms with Crippen molar-refractivity contribution in [3.63, 3.8) is 0 Å². The number of nitrogens with zero attached hydrogens (tertiary/aromatic N) is 1. The molecule has 1 aromatic rings. The predicted octanol–water partition coefficient (Wildman–Crippen LogP) is 2.36. The zero-order chi connectivity index (χ0) is 11.6. The molecule has 0 bridgehead atoms. The first-order valence-corrected chi connectivity index (χ1v) is 5.27. The van der Waals surface area contributed by atoms with Crippen LogP contribution < -0.4 is 5.73 Å². The average molecular weight is 229 g/mol. The van der Waals surface area contributed by atoms with Crippen molar-refractivity contribution in [2.45, 2.75) is 33.2 Å². The van der Waals surface area contributed by atoms with Crippen LogP contribution in [0.25, 0.3) is 0 Å². The first-order chi connectivity index (χ1) is 6.80. The summed E-state index contributed by atoms with van der Waals surface area (Å²) in [4.78, 5) is 3.87. The fourth-order valence-corrected chi connectivity index (χ4v) is 1.25. The molecule has 1 rings (SSSR count). The minimum absolute atomic E-state index is 0.00951. The van der Waals surface area contributed by atoms with Gasteiger partial charge in [-0.2, -0.15) is 0 Å². The van der Waals surface area contributed by atoms with Crippen LogP contribution >= 0.6 is 11.6 Å². The van der Waals surface area contributed by atoms with E-state index in [1.54, 1.807) is 12.3 Å². The molecule has 0 amide bonds. The highest BCUT2D eigenvalue weighted by Gasteiger charge is 2.21. The highest BCUT2D eigenvalue weighted by molar-refractivity contribution is 6.30. The SMILES string of the molecule is CC(C)(C)C(N)Cc1cnc(Cl)c(O)c1. The summed E-state index contributed by atoms with van der Waals surface area (Å²) in [6.07, 6.45) is 2.33. The molecule has 1 heterocycles. The maximum absolute atomic E-state index is 9.38. The number of pyridine rings is 1. The van der Waals surface area contributed by atoms with Gasteiger partial charge in [0, 0.05) is 12.2 Å². The number of nitrogens with two attached hydrogens (primary N) is 1. The minimum Gasteiger partial charge on any atom is -0.505 e. The quantitative estimate of drug-likeness (QED) is 0.764. The Hall–Kier alpha value is -0.800. The maximum atomic E-state index is 9.38. The maximum Gasteiger partial charge on any atom is 0.170 e. The zero-order valence-electron chi connectivity index (χ0n) is 9.29. The summed E-state index contributed by atoms with van der Waals surface area (Å²) in [5.41, 5.74) is 6.97. The van der Waals surface area contributed by atoms with Gasteiger partial charge in [-0.15, -0.1) is 0 Å². The Kier molecular flexibility index (Phi) is 3.58. The highest BCUT2D eigenvalue weighted by Crippen LogP contribution is 2.24. The van der Waals surface area contributed by atoms with Gasteiger partial charge in [-0.1, -0.05) is 32.4 Å². The van der Waals surface area contributed by atoms with Gasteiger partial charge in [-0.3, -0.25) is 0 Å². The number of aromatic nitrogens is 1. The van der Waals surface area contributed by atoms with Crippen molar-refractivity contribution in [3.8, 4) is 5.75 Å². The Balaban J connectivity index is 2.78. The standard InChI is InChI=1S/C11H17ClN2O/c1-11(2,3)9(13)5-7-4-8(15)10(12)14-6-7/h4,6,9,15H,5,13H2,1-3H3. The van der Waals surface area contributed by atoms with E-state index in [1.165, 1.54) is 0 Å². The molecule has 1 unspecified atom stereocenters. The fraction of sp³-hybridized carbons (Fsp3) is 0.545. The van der Waals surface area contributed by atoms with Crippen molar-refractivity contribution in [1.82, 2.24) is 4.98 Å². The van der Waals surface area contributed by atoms with Gasteiger partial charge >= 0.3 is 0 Å². The molecule has 0 aliphatic heterocycles. The molecule has 15 heavy (non-hydrogen) atoms. The largest absolute Gasteiger partial charge is 0.505 e. The van der Waals surface area contributed by atoms with Crippen molar-refractivity contribution in [2.24, 2.45) is 11.1 Å². The Morgan fingerprint density at radius 1 is 1.53 bits per heavy atom. The summed E-state index contributed by atoms with van der Waals surface area (Å²) < 4.78 is 0. The molecule has 84 valence electrons. The van der Waals surface area contributed by atoms with Crippen LogP contribution in [0.2, 0.25) is 5.15 Å². The van der Waals surface area contributed by atoms with Crippen LogP contribution in [0, 0.1) is 5.41 Å². The molecule has 0 spiro atoms. The van der Waals surface area contributed by atoms with Crippen molar-refractivity contribution < 1.29 is 5.11 Å². The monoisotopic (exact) mass is 228 g/mol. The van der Waals surface area contributed by atoms with Gasteiger partial charge in [0.1, 0.15) is 0 Å². The van der Waals surface area contributed by atoms with Crippen LogP contribution in [0.15, 0.2) is 12.3 Å². The second kappa shape index (κ2) is 4.37. The molecule has 0 saturated carbocycles. The second-order valence-electron chi connectivity index (χ2n) is 4.83. The summed E-state index contributed by atoms with van der Waals surface area (Å²) >= 11 is 5.61. The second-order valence-corrected chi connectivity index (χ2v) is 5.19. The van der Waals surface area contributed by atoms with Crippen LogP contribution in [0.4, 0.5) is 0 Å². The van der Waals surface area contributed by atoms with Gasteiger partial charge in [0.2, 0.25) is 0 Å². The Labute approximate surface area is 95.3 Å². The van der Waals surface area contributed by atoms with E-state index in [9.17, 15) is 5.11 Å². The molecule has 0 aliphatic carbocycles. The summed E-state index contributed by atoms with van der Waals surface area (Å²) in [6, 6.07) is 1.64.